The Bertz CT molecular complexity index is 1530. The van der Waals surface area contributed by atoms with E-state index in [4.69, 9.17) is 9.47 Å². The van der Waals surface area contributed by atoms with Crippen LogP contribution in [0.2, 0.25) is 0 Å². The van der Waals surface area contributed by atoms with Crippen LogP contribution in [0, 0.1) is 6.92 Å². The van der Waals surface area contributed by atoms with E-state index >= 15 is 0 Å². The van der Waals surface area contributed by atoms with Gasteiger partial charge in [-0.25, -0.2) is 0 Å². The molecule has 0 aromatic heterocycles. The largest absolute Gasteiger partial charge is 0.493 e. The number of benzene rings is 4. The molecule has 4 aromatic carbocycles. The molecule has 2 N–H and O–H groups in total. The maximum absolute atomic E-state index is 13.1. The molecule has 7 nitrogen and oxygen atoms in total. The van der Waals surface area contributed by atoms with Crippen LogP contribution in [0.5, 0.6) is 11.5 Å². The van der Waals surface area contributed by atoms with Gasteiger partial charge in [-0.3, -0.25) is 14.5 Å². The Morgan fingerprint density at radius 2 is 1.49 bits per heavy atom. The molecule has 5 rings (SSSR count). The Morgan fingerprint density at radius 3 is 2.20 bits per heavy atom. The SMILES string of the molecule is COc1cc2c(cc1OC)CN(CCc1ccc(NC(=O)c3ccccc3NC(=O)c3ccc(C)cc3)cc1)CC2. The Kier molecular flexibility index (Phi) is 8.65. The van der Waals surface area contributed by atoms with Crippen LogP contribution in [-0.2, 0) is 19.4 Å². The van der Waals surface area contributed by atoms with Crippen LogP contribution in [0.3, 0.4) is 0 Å². The fraction of sp³-hybridized carbons (Fsp3) is 0.235. The maximum atomic E-state index is 13.1. The summed E-state index contributed by atoms with van der Waals surface area (Å²) < 4.78 is 10.9. The van der Waals surface area contributed by atoms with Crippen LogP contribution >= 0.6 is 0 Å². The van der Waals surface area contributed by atoms with Gasteiger partial charge in [0.25, 0.3) is 11.8 Å². The van der Waals surface area contributed by atoms with Crippen LogP contribution in [0.4, 0.5) is 11.4 Å². The molecule has 0 aliphatic carbocycles. The van der Waals surface area contributed by atoms with E-state index in [0.29, 0.717) is 22.5 Å². The number of carbonyl (C=O) groups is 2. The number of methoxy groups -OCH3 is 2. The number of rotatable bonds is 9. The highest BCUT2D eigenvalue weighted by Gasteiger charge is 2.19. The molecule has 0 saturated carbocycles. The third-order valence-electron chi connectivity index (χ3n) is 7.46. The smallest absolute Gasteiger partial charge is 0.257 e. The molecular formula is C34H35N3O4. The monoisotopic (exact) mass is 549 g/mol. The molecule has 1 heterocycles. The molecule has 0 atom stereocenters. The summed E-state index contributed by atoms with van der Waals surface area (Å²) in [6.07, 6.45) is 1.89. The van der Waals surface area contributed by atoms with Gasteiger partial charge in [-0.05, 0) is 85.0 Å². The highest BCUT2D eigenvalue weighted by atomic mass is 16.5. The average molecular weight is 550 g/mol. The number of anilines is 2. The summed E-state index contributed by atoms with van der Waals surface area (Å²) >= 11 is 0. The fourth-order valence-electron chi connectivity index (χ4n) is 5.06. The second-order valence-corrected chi connectivity index (χ2v) is 10.3. The standard InChI is InChI=1S/C34H35N3O4/c1-23-8-12-25(13-9-23)33(38)36-30-7-5-4-6-29(30)34(39)35-28-14-10-24(11-15-28)16-18-37-19-17-26-20-31(40-2)32(41-3)21-27(26)22-37/h4-15,20-21H,16-19,22H2,1-3H3,(H,35,39)(H,36,38). The molecule has 2 amide bonds. The molecule has 1 aliphatic rings. The molecule has 0 saturated heterocycles. The van der Waals surface area contributed by atoms with Crippen LogP contribution in [0.1, 0.15) is 43.0 Å². The second kappa shape index (κ2) is 12.7. The molecule has 1 aliphatic heterocycles. The van der Waals surface area contributed by atoms with Crippen molar-refractivity contribution in [1.29, 1.82) is 0 Å². The summed E-state index contributed by atoms with van der Waals surface area (Å²) in [4.78, 5) is 28.3. The predicted octanol–water partition coefficient (Wildman–Crippen LogP) is 6.12. The van der Waals surface area contributed by atoms with Crippen molar-refractivity contribution >= 4 is 23.2 Å². The van der Waals surface area contributed by atoms with Crippen molar-refractivity contribution in [3.8, 4) is 11.5 Å². The van der Waals surface area contributed by atoms with Gasteiger partial charge in [-0.1, -0.05) is 42.0 Å². The first-order valence-electron chi connectivity index (χ1n) is 13.8. The van der Waals surface area contributed by atoms with Crippen molar-refractivity contribution in [2.24, 2.45) is 0 Å². The summed E-state index contributed by atoms with van der Waals surface area (Å²) in [7, 11) is 3.34. The number of nitrogens with zero attached hydrogens (tertiary/aromatic N) is 1. The number of amides is 2. The summed E-state index contributed by atoms with van der Waals surface area (Å²) in [5, 5.41) is 5.83. The third-order valence-corrected chi connectivity index (χ3v) is 7.46. The van der Waals surface area contributed by atoms with Crippen LogP contribution in [0.25, 0.3) is 0 Å². The van der Waals surface area contributed by atoms with E-state index in [1.807, 2.05) is 43.3 Å². The molecule has 0 unspecified atom stereocenters. The number of hydrogen-bond acceptors (Lipinski definition) is 5. The van der Waals surface area contributed by atoms with Gasteiger partial charge in [-0.2, -0.15) is 0 Å². The molecular weight excluding hydrogens is 514 g/mol. The number of aryl methyl sites for hydroxylation is 1. The number of fused-ring (bicyclic) bond motifs is 1. The molecule has 4 aromatic rings. The summed E-state index contributed by atoms with van der Waals surface area (Å²) in [6, 6.07) is 26.4. The topological polar surface area (TPSA) is 79.9 Å². The minimum absolute atomic E-state index is 0.259. The van der Waals surface area contributed by atoms with E-state index < -0.39 is 0 Å². The van der Waals surface area contributed by atoms with E-state index in [-0.39, 0.29) is 11.8 Å². The molecule has 0 radical (unpaired) electrons. The molecule has 41 heavy (non-hydrogen) atoms. The lowest BCUT2D eigenvalue weighted by Gasteiger charge is -2.29. The van der Waals surface area contributed by atoms with Gasteiger partial charge in [0, 0.05) is 30.9 Å². The molecule has 0 spiro atoms. The molecule has 0 fully saturated rings. The lowest BCUT2D eigenvalue weighted by Crippen LogP contribution is -2.32. The van der Waals surface area contributed by atoms with Gasteiger partial charge in [-0.15, -0.1) is 0 Å². The van der Waals surface area contributed by atoms with Crippen molar-refractivity contribution in [2.75, 3.05) is 37.9 Å². The van der Waals surface area contributed by atoms with Crippen molar-refractivity contribution in [3.63, 3.8) is 0 Å². The Labute approximate surface area is 241 Å². The van der Waals surface area contributed by atoms with E-state index in [0.717, 1.165) is 49.5 Å². The van der Waals surface area contributed by atoms with Gasteiger partial charge in [0.15, 0.2) is 11.5 Å². The number of nitrogens with one attached hydrogen (secondary N) is 2. The van der Waals surface area contributed by atoms with Crippen molar-refractivity contribution < 1.29 is 19.1 Å². The van der Waals surface area contributed by atoms with Gasteiger partial charge in [0.1, 0.15) is 0 Å². The molecule has 7 heteroatoms. The zero-order chi connectivity index (χ0) is 28.8. The number of para-hydroxylation sites is 1. The average Bonchev–Trinajstić information content (AvgIpc) is 3.00. The maximum Gasteiger partial charge on any atom is 0.257 e. The van der Waals surface area contributed by atoms with Crippen molar-refractivity contribution in [3.05, 3.63) is 118 Å². The fourth-order valence-corrected chi connectivity index (χ4v) is 5.06. The predicted molar refractivity (Wildman–Crippen MR) is 162 cm³/mol. The highest BCUT2D eigenvalue weighted by molar-refractivity contribution is 6.12. The summed E-state index contributed by atoms with van der Waals surface area (Å²) in [6.45, 7) is 4.78. The lowest BCUT2D eigenvalue weighted by atomic mass is 9.98. The van der Waals surface area contributed by atoms with E-state index in [2.05, 4.69) is 27.7 Å². The first kappa shape index (κ1) is 27.9. The summed E-state index contributed by atoms with van der Waals surface area (Å²) in [5.74, 6) is 1.01. The van der Waals surface area contributed by atoms with Crippen LogP contribution in [0.15, 0.2) is 84.9 Å². The van der Waals surface area contributed by atoms with Gasteiger partial charge < -0.3 is 20.1 Å². The Morgan fingerprint density at radius 1 is 0.805 bits per heavy atom. The number of carbonyl (C=O) groups excluding carboxylic acids is 2. The summed E-state index contributed by atoms with van der Waals surface area (Å²) in [5.41, 5.74) is 6.97. The van der Waals surface area contributed by atoms with Gasteiger partial charge in [0.05, 0.1) is 25.5 Å². The first-order chi connectivity index (χ1) is 19.9. The minimum atomic E-state index is -0.281. The quantitative estimate of drug-likeness (QED) is 0.263. The highest BCUT2D eigenvalue weighted by Crippen LogP contribution is 2.33. The van der Waals surface area contributed by atoms with Crippen LogP contribution < -0.4 is 20.1 Å². The Balaban J connectivity index is 1.17. The van der Waals surface area contributed by atoms with Gasteiger partial charge in [0.2, 0.25) is 0 Å². The first-order valence-corrected chi connectivity index (χ1v) is 13.8. The van der Waals surface area contributed by atoms with Crippen LogP contribution in [-0.4, -0.2) is 44.0 Å². The lowest BCUT2D eigenvalue weighted by molar-refractivity contribution is 0.102. The minimum Gasteiger partial charge on any atom is -0.493 e. The van der Waals surface area contributed by atoms with E-state index in [9.17, 15) is 9.59 Å². The third kappa shape index (κ3) is 6.76. The Hall–Kier alpha value is -4.62. The van der Waals surface area contributed by atoms with E-state index in [1.165, 1.54) is 16.7 Å². The zero-order valence-corrected chi connectivity index (χ0v) is 23.7. The number of hydrogen-bond donors (Lipinski definition) is 2. The second-order valence-electron chi connectivity index (χ2n) is 10.3. The zero-order valence-electron chi connectivity index (χ0n) is 23.7. The molecule has 210 valence electrons. The van der Waals surface area contributed by atoms with E-state index in [1.54, 1.807) is 50.6 Å². The van der Waals surface area contributed by atoms with Crippen molar-refractivity contribution in [2.45, 2.75) is 26.3 Å². The number of ether oxygens (including phenoxy) is 2. The molecule has 0 bridgehead atoms. The van der Waals surface area contributed by atoms with Gasteiger partial charge >= 0.3 is 0 Å². The van der Waals surface area contributed by atoms with Crippen molar-refractivity contribution in [1.82, 2.24) is 4.90 Å². The normalized spacial score (nSPS) is 12.8.